The van der Waals surface area contributed by atoms with Gasteiger partial charge in [0.15, 0.2) is 0 Å². The molecule has 0 fully saturated rings. The van der Waals surface area contributed by atoms with E-state index < -0.39 is 0 Å². The molecule has 0 amide bonds. The zero-order chi connectivity index (χ0) is 7.84. The van der Waals surface area contributed by atoms with Crippen LogP contribution in [0.15, 0.2) is 24.3 Å². The Balaban J connectivity index is 2.69. The summed E-state index contributed by atoms with van der Waals surface area (Å²) in [4.78, 5) is 0. The summed E-state index contributed by atoms with van der Waals surface area (Å²) in [5.74, 6) is 0. The molecule has 0 saturated carbocycles. The number of benzene rings is 1. The zero-order valence-corrected chi connectivity index (χ0v) is 8.96. The van der Waals surface area contributed by atoms with Crippen LogP contribution in [0.1, 0.15) is 11.1 Å². The Morgan fingerprint density at radius 2 is 1.36 bits per heavy atom. The van der Waals surface area contributed by atoms with Crippen LogP contribution in [-0.4, -0.2) is 40.4 Å². The van der Waals surface area contributed by atoms with Gasteiger partial charge in [0.05, 0.1) is 0 Å². The summed E-state index contributed by atoms with van der Waals surface area (Å²) in [5, 5.41) is 0. The molecule has 2 rings (SSSR count). The van der Waals surface area contributed by atoms with Crippen LogP contribution >= 0.6 is 0 Å². The van der Waals surface area contributed by atoms with Gasteiger partial charge in [0, 0.05) is 0 Å². The molecule has 0 saturated heterocycles. The van der Waals surface area contributed by atoms with Gasteiger partial charge in [0.25, 0.3) is 0 Å². The summed E-state index contributed by atoms with van der Waals surface area (Å²) in [6, 6.07) is 8.06. The Morgan fingerprint density at radius 3 is 1.82 bits per heavy atom. The first-order valence-corrected chi connectivity index (χ1v) is 4.86. The van der Waals surface area contributed by atoms with Gasteiger partial charge in [-0.1, -0.05) is 0 Å². The molecule has 0 spiro atoms. The molecule has 3 heteroatoms. The van der Waals surface area contributed by atoms with Crippen molar-refractivity contribution in [3.8, 4) is 0 Å². The SMILES string of the molecule is [Se]=C1OC(=[Se])c2ccccc21. The van der Waals surface area contributed by atoms with E-state index in [9.17, 15) is 0 Å². The van der Waals surface area contributed by atoms with Crippen molar-refractivity contribution in [2.75, 3.05) is 0 Å². The molecular formula is C8H4OSe2. The molecule has 54 valence electrons. The number of fused-ring (bicyclic) bond motifs is 1. The van der Waals surface area contributed by atoms with Gasteiger partial charge in [-0.3, -0.25) is 0 Å². The maximum absolute atomic E-state index is 5.35. The van der Waals surface area contributed by atoms with Gasteiger partial charge in [-0.2, -0.15) is 0 Å². The number of ether oxygens (including phenoxy) is 1. The second-order valence-corrected chi connectivity index (χ2v) is 3.78. The van der Waals surface area contributed by atoms with E-state index in [0.29, 0.717) is 0 Å². The van der Waals surface area contributed by atoms with Gasteiger partial charge >= 0.3 is 80.5 Å². The Bertz CT molecular complexity index is 311. The molecule has 0 N–H and O–H groups in total. The summed E-state index contributed by atoms with van der Waals surface area (Å²) in [6.45, 7) is 0. The van der Waals surface area contributed by atoms with E-state index in [1.807, 2.05) is 24.3 Å². The molecule has 1 aliphatic rings. The molecule has 0 aliphatic carbocycles. The molecule has 1 nitrogen and oxygen atoms in total. The van der Waals surface area contributed by atoms with E-state index in [2.05, 4.69) is 31.2 Å². The fourth-order valence-electron chi connectivity index (χ4n) is 1.03. The Morgan fingerprint density at radius 1 is 0.909 bits per heavy atom. The van der Waals surface area contributed by atoms with E-state index in [4.69, 9.17) is 4.74 Å². The van der Waals surface area contributed by atoms with Gasteiger partial charge in [-0.25, -0.2) is 0 Å². The fourth-order valence-corrected chi connectivity index (χ4v) is 2.40. The molecule has 0 unspecified atom stereocenters. The number of rotatable bonds is 0. The van der Waals surface area contributed by atoms with E-state index in [0.717, 1.165) is 20.3 Å². The number of hydrogen-bond acceptors (Lipinski definition) is 1. The molecular weight excluding hydrogens is 270 g/mol. The minimum atomic E-state index is 0.856. The summed E-state index contributed by atoms with van der Waals surface area (Å²) in [5.41, 5.74) is 2.28. The van der Waals surface area contributed by atoms with Gasteiger partial charge in [0.2, 0.25) is 0 Å². The van der Waals surface area contributed by atoms with Crippen LogP contribution in [0, 0.1) is 0 Å². The first kappa shape index (κ1) is 7.45. The van der Waals surface area contributed by atoms with E-state index >= 15 is 0 Å². The van der Waals surface area contributed by atoms with Crippen LogP contribution in [0.5, 0.6) is 0 Å². The van der Waals surface area contributed by atoms with Crippen molar-refractivity contribution >= 4 is 40.4 Å². The fraction of sp³-hybridized carbons (Fsp3) is 0. The van der Waals surface area contributed by atoms with E-state index in [1.165, 1.54) is 0 Å². The van der Waals surface area contributed by atoms with Crippen LogP contribution in [0.2, 0.25) is 0 Å². The number of hydrogen-bond donors (Lipinski definition) is 0. The minimum absolute atomic E-state index is 0.856. The monoisotopic (exact) mass is 276 g/mol. The van der Waals surface area contributed by atoms with Crippen molar-refractivity contribution in [1.29, 1.82) is 0 Å². The van der Waals surface area contributed by atoms with E-state index in [1.54, 1.807) is 0 Å². The topological polar surface area (TPSA) is 9.23 Å². The first-order chi connectivity index (χ1) is 5.29. The normalized spacial score (nSPS) is 14.5. The second-order valence-electron chi connectivity index (χ2n) is 2.22. The predicted octanol–water partition coefficient (Wildman–Crippen LogP) is 0.00980. The average Bonchev–Trinajstić information content (AvgIpc) is 2.30. The van der Waals surface area contributed by atoms with Crippen molar-refractivity contribution in [2.24, 2.45) is 0 Å². The van der Waals surface area contributed by atoms with Crippen LogP contribution < -0.4 is 0 Å². The third kappa shape index (κ3) is 1.15. The molecule has 11 heavy (non-hydrogen) atoms. The predicted molar refractivity (Wildman–Crippen MR) is 47.3 cm³/mol. The van der Waals surface area contributed by atoms with Gasteiger partial charge < -0.3 is 0 Å². The zero-order valence-electron chi connectivity index (χ0n) is 5.53. The Hall–Kier alpha value is -0.201. The van der Waals surface area contributed by atoms with Gasteiger partial charge in [-0.05, 0) is 0 Å². The summed E-state index contributed by atoms with van der Waals surface area (Å²) in [7, 11) is 0. The van der Waals surface area contributed by atoms with Crippen LogP contribution in [0.3, 0.4) is 0 Å². The molecule has 1 aromatic rings. The van der Waals surface area contributed by atoms with Crippen molar-refractivity contribution in [3.63, 3.8) is 0 Å². The standard InChI is InChI=1S/C8H4OSe2/c10-7-5-3-1-2-4-6(5)8(11)9-7/h1-4H. The van der Waals surface area contributed by atoms with Crippen LogP contribution in [0.25, 0.3) is 0 Å². The summed E-state index contributed by atoms with van der Waals surface area (Å²) >= 11 is 5.76. The Kier molecular flexibility index (Phi) is 1.82. The third-order valence-electron chi connectivity index (χ3n) is 1.55. The molecule has 0 bridgehead atoms. The molecule has 1 heterocycles. The molecule has 0 radical (unpaired) electrons. The van der Waals surface area contributed by atoms with Gasteiger partial charge in [0.1, 0.15) is 0 Å². The third-order valence-corrected chi connectivity index (χ3v) is 2.82. The van der Waals surface area contributed by atoms with Crippen molar-refractivity contribution < 1.29 is 4.74 Å². The molecule has 1 aromatic carbocycles. The van der Waals surface area contributed by atoms with Crippen molar-refractivity contribution in [3.05, 3.63) is 35.4 Å². The average molecular weight is 274 g/mol. The Labute approximate surface area is 80.5 Å². The van der Waals surface area contributed by atoms with Crippen LogP contribution in [-0.2, 0) is 4.74 Å². The van der Waals surface area contributed by atoms with E-state index in [-0.39, 0.29) is 0 Å². The van der Waals surface area contributed by atoms with Gasteiger partial charge in [-0.15, -0.1) is 0 Å². The molecule has 0 atom stereocenters. The van der Waals surface area contributed by atoms with Crippen LogP contribution in [0.4, 0.5) is 0 Å². The summed E-state index contributed by atoms with van der Waals surface area (Å²) < 4.78 is 7.07. The van der Waals surface area contributed by atoms with Crippen molar-refractivity contribution in [2.45, 2.75) is 0 Å². The molecule has 0 aromatic heterocycles. The quantitative estimate of drug-likeness (QED) is 0.606. The second kappa shape index (κ2) is 2.69. The summed E-state index contributed by atoms with van der Waals surface area (Å²) in [6.07, 6.45) is 0. The first-order valence-electron chi connectivity index (χ1n) is 3.14. The van der Waals surface area contributed by atoms with Crippen molar-refractivity contribution in [1.82, 2.24) is 0 Å². The maximum atomic E-state index is 5.35. The molecule has 1 aliphatic heterocycles.